The average molecular weight is 341 g/mol. The number of H-pyrrole nitrogens is 1. The van der Waals surface area contributed by atoms with Crippen LogP contribution < -0.4 is 10.3 Å². The van der Waals surface area contributed by atoms with Crippen molar-refractivity contribution in [3.63, 3.8) is 0 Å². The van der Waals surface area contributed by atoms with Crippen molar-refractivity contribution in [1.29, 1.82) is 0 Å². The fourth-order valence-electron chi connectivity index (χ4n) is 2.89. The van der Waals surface area contributed by atoms with Crippen LogP contribution in [0.2, 0.25) is 0 Å². The topological polar surface area (TPSA) is 94.9 Å². The Balaban J connectivity index is 1.70. The predicted molar refractivity (Wildman–Crippen MR) is 91.1 cm³/mol. The van der Waals surface area contributed by atoms with Crippen LogP contribution >= 0.6 is 0 Å². The minimum atomic E-state index is -0.275. The maximum absolute atomic E-state index is 12.1. The van der Waals surface area contributed by atoms with Crippen LogP contribution in [-0.4, -0.2) is 44.3 Å². The second kappa shape index (κ2) is 6.64. The van der Waals surface area contributed by atoms with Gasteiger partial charge in [-0.05, 0) is 12.1 Å². The van der Waals surface area contributed by atoms with E-state index in [0.717, 1.165) is 37.5 Å². The van der Waals surface area contributed by atoms with Crippen LogP contribution in [0, 0.1) is 0 Å². The maximum Gasteiger partial charge on any atom is 0.281 e. The van der Waals surface area contributed by atoms with Crippen LogP contribution in [-0.2, 0) is 11.2 Å². The molecule has 0 bridgehead atoms. The number of hydrogen-bond acceptors (Lipinski definition) is 6. The van der Waals surface area contributed by atoms with Crippen molar-refractivity contribution >= 4 is 11.2 Å². The van der Waals surface area contributed by atoms with E-state index >= 15 is 0 Å². The third kappa shape index (κ3) is 3.12. The van der Waals surface area contributed by atoms with Crippen molar-refractivity contribution in [2.45, 2.75) is 32.3 Å². The molecule has 0 amide bonds. The number of aryl methyl sites for hydroxylation is 1. The number of hydrogen-bond donors (Lipinski definition) is 1. The molecule has 1 fully saturated rings. The third-order valence-electron chi connectivity index (χ3n) is 4.23. The molecule has 130 valence electrons. The molecule has 0 aliphatic carbocycles. The maximum atomic E-state index is 12.1. The average Bonchev–Trinajstić information content (AvgIpc) is 3.07. The van der Waals surface area contributed by atoms with Crippen molar-refractivity contribution in [1.82, 2.24) is 25.0 Å². The van der Waals surface area contributed by atoms with Gasteiger partial charge in [0.25, 0.3) is 5.56 Å². The van der Waals surface area contributed by atoms with Crippen LogP contribution in [0.4, 0.5) is 0 Å². The van der Waals surface area contributed by atoms with Gasteiger partial charge in [-0.15, -0.1) is 5.10 Å². The molecule has 3 heterocycles. The molecule has 8 nitrogen and oxygen atoms in total. The van der Waals surface area contributed by atoms with Crippen LogP contribution in [0.15, 0.2) is 29.1 Å². The molecule has 0 saturated carbocycles. The summed E-state index contributed by atoms with van der Waals surface area (Å²) in [6, 6.07) is 7.58. The Morgan fingerprint density at radius 2 is 2.20 bits per heavy atom. The summed E-state index contributed by atoms with van der Waals surface area (Å²) in [4.78, 5) is 19.3. The standard InChI is InChI=1S/C17H19N5O3/c1-2-14-18-16-15(17(23)19-14)20-21-22(16)11-4-3-5-13(10-11)25-12-6-8-24-9-7-12/h3-5,10,12H,2,6-9H2,1H3,(H,18,19,23). The first kappa shape index (κ1) is 15.8. The van der Waals surface area contributed by atoms with Crippen LogP contribution in [0.5, 0.6) is 5.75 Å². The Bertz CT molecular complexity index is 943. The van der Waals surface area contributed by atoms with E-state index < -0.39 is 0 Å². The number of fused-ring (bicyclic) bond motifs is 1. The lowest BCUT2D eigenvalue weighted by Gasteiger charge is -2.23. The fraction of sp³-hybridized carbons (Fsp3) is 0.412. The van der Waals surface area contributed by atoms with Crippen LogP contribution in [0.1, 0.15) is 25.6 Å². The first-order valence-corrected chi connectivity index (χ1v) is 8.44. The van der Waals surface area contributed by atoms with Gasteiger partial charge in [0.05, 0.1) is 18.9 Å². The Morgan fingerprint density at radius 3 is 3.00 bits per heavy atom. The lowest BCUT2D eigenvalue weighted by Crippen LogP contribution is -2.25. The van der Waals surface area contributed by atoms with E-state index in [1.165, 1.54) is 0 Å². The molecule has 25 heavy (non-hydrogen) atoms. The summed E-state index contributed by atoms with van der Waals surface area (Å²) in [6.45, 7) is 3.38. The summed E-state index contributed by atoms with van der Waals surface area (Å²) < 4.78 is 13.0. The first-order valence-electron chi connectivity index (χ1n) is 8.44. The van der Waals surface area contributed by atoms with Crippen molar-refractivity contribution in [2.24, 2.45) is 0 Å². The quantitative estimate of drug-likeness (QED) is 0.775. The number of nitrogens with one attached hydrogen (secondary N) is 1. The summed E-state index contributed by atoms with van der Waals surface area (Å²) in [7, 11) is 0. The summed E-state index contributed by atoms with van der Waals surface area (Å²) in [5.74, 6) is 1.37. The number of aromatic nitrogens is 5. The van der Waals surface area contributed by atoms with Gasteiger partial charge in [-0.3, -0.25) is 4.79 Å². The lowest BCUT2D eigenvalue weighted by molar-refractivity contribution is 0.0256. The minimum Gasteiger partial charge on any atom is -0.490 e. The largest absolute Gasteiger partial charge is 0.490 e. The number of nitrogens with zero attached hydrogens (tertiary/aromatic N) is 4. The van der Waals surface area contributed by atoms with Gasteiger partial charge in [-0.2, -0.15) is 4.68 Å². The second-order valence-electron chi connectivity index (χ2n) is 5.97. The highest BCUT2D eigenvalue weighted by atomic mass is 16.5. The van der Waals surface area contributed by atoms with E-state index in [9.17, 15) is 4.79 Å². The van der Waals surface area contributed by atoms with Gasteiger partial charge in [0, 0.05) is 25.3 Å². The molecule has 2 aromatic heterocycles. The minimum absolute atomic E-state index is 0.157. The SMILES string of the molecule is CCc1nc2c(nnn2-c2cccc(OC3CCOCC3)c2)c(=O)[nH]1. The number of benzene rings is 1. The highest BCUT2D eigenvalue weighted by molar-refractivity contribution is 5.70. The molecule has 4 rings (SSSR count). The smallest absolute Gasteiger partial charge is 0.281 e. The monoisotopic (exact) mass is 341 g/mol. The molecule has 1 aliphatic rings. The molecule has 0 unspecified atom stereocenters. The predicted octanol–water partition coefficient (Wildman–Crippen LogP) is 1.62. The first-order chi connectivity index (χ1) is 12.2. The number of aromatic amines is 1. The van der Waals surface area contributed by atoms with Crippen molar-refractivity contribution in [2.75, 3.05) is 13.2 Å². The zero-order valence-electron chi connectivity index (χ0n) is 13.9. The van der Waals surface area contributed by atoms with Gasteiger partial charge in [-0.25, -0.2) is 4.98 Å². The number of ether oxygens (including phenoxy) is 2. The zero-order chi connectivity index (χ0) is 17.2. The summed E-state index contributed by atoms with van der Waals surface area (Å²) >= 11 is 0. The third-order valence-corrected chi connectivity index (χ3v) is 4.23. The highest BCUT2D eigenvalue weighted by Gasteiger charge is 2.17. The van der Waals surface area contributed by atoms with Crippen LogP contribution in [0.25, 0.3) is 16.9 Å². The van der Waals surface area contributed by atoms with Crippen LogP contribution in [0.3, 0.4) is 0 Å². The molecule has 1 N–H and O–H groups in total. The summed E-state index contributed by atoms with van der Waals surface area (Å²) in [5, 5.41) is 8.06. The van der Waals surface area contributed by atoms with E-state index in [-0.39, 0.29) is 17.2 Å². The second-order valence-corrected chi connectivity index (χ2v) is 5.97. The Labute approximate surface area is 143 Å². The molecule has 1 aliphatic heterocycles. The highest BCUT2D eigenvalue weighted by Crippen LogP contribution is 2.22. The van der Waals surface area contributed by atoms with Gasteiger partial charge in [-0.1, -0.05) is 18.2 Å². The lowest BCUT2D eigenvalue weighted by atomic mass is 10.1. The molecular weight excluding hydrogens is 322 g/mol. The van der Waals surface area contributed by atoms with Gasteiger partial charge in [0.15, 0.2) is 11.2 Å². The summed E-state index contributed by atoms with van der Waals surface area (Å²) in [6.07, 6.45) is 2.55. The Kier molecular flexibility index (Phi) is 4.19. The van der Waals surface area contributed by atoms with E-state index in [1.54, 1.807) is 4.68 Å². The van der Waals surface area contributed by atoms with E-state index in [2.05, 4.69) is 20.3 Å². The molecule has 0 radical (unpaired) electrons. The number of rotatable bonds is 4. The molecule has 1 aromatic carbocycles. The molecule has 8 heteroatoms. The Morgan fingerprint density at radius 1 is 1.36 bits per heavy atom. The van der Waals surface area contributed by atoms with Gasteiger partial charge in [0.2, 0.25) is 0 Å². The molecule has 1 saturated heterocycles. The normalized spacial score (nSPS) is 15.6. The van der Waals surface area contributed by atoms with E-state index in [4.69, 9.17) is 9.47 Å². The van der Waals surface area contributed by atoms with Crippen molar-refractivity contribution < 1.29 is 9.47 Å². The van der Waals surface area contributed by atoms with Gasteiger partial charge < -0.3 is 14.5 Å². The summed E-state index contributed by atoms with van der Waals surface area (Å²) in [5.41, 5.74) is 1.16. The van der Waals surface area contributed by atoms with Crippen molar-refractivity contribution in [3.8, 4) is 11.4 Å². The molecular formula is C17H19N5O3. The fourth-order valence-corrected chi connectivity index (χ4v) is 2.89. The molecule has 3 aromatic rings. The molecule has 0 atom stereocenters. The van der Waals surface area contributed by atoms with Gasteiger partial charge in [0.1, 0.15) is 17.7 Å². The zero-order valence-corrected chi connectivity index (χ0v) is 13.9. The Hall–Kier alpha value is -2.74. The van der Waals surface area contributed by atoms with Gasteiger partial charge >= 0.3 is 0 Å². The van der Waals surface area contributed by atoms with E-state index in [1.807, 2.05) is 31.2 Å². The van der Waals surface area contributed by atoms with E-state index in [0.29, 0.717) is 17.9 Å². The van der Waals surface area contributed by atoms with Crippen molar-refractivity contribution in [3.05, 3.63) is 40.4 Å². The molecule has 0 spiro atoms.